The minimum atomic E-state index is 0.512. The fourth-order valence-corrected chi connectivity index (χ4v) is 1.74. The summed E-state index contributed by atoms with van der Waals surface area (Å²) in [5.74, 6) is 0.556. The van der Waals surface area contributed by atoms with E-state index >= 15 is 0 Å². The van der Waals surface area contributed by atoms with Crippen molar-refractivity contribution in [3.63, 3.8) is 0 Å². The topological polar surface area (TPSA) is 29.4 Å². The maximum Gasteiger partial charge on any atom is 0.108 e. The van der Waals surface area contributed by atoms with Crippen LogP contribution in [0.1, 0.15) is 30.4 Å². The van der Waals surface area contributed by atoms with Crippen molar-refractivity contribution in [2.24, 2.45) is 5.18 Å². The summed E-state index contributed by atoms with van der Waals surface area (Å²) >= 11 is 0. The van der Waals surface area contributed by atoms with E-state index in [0.29, 0.717) is 11.6 Å². The molecule has 2 rings (SSSR count). The van der Waals surface area contributed by atoms with E-state index in [2.05, 4.69) is 24.3 Å². The standard InChI is InChI=1S/C11H11NO/c1-8-3-2-4-9-7-10(12-13)5-6-11(8)9/h2,4-8H,3H2,1H3. The molecule has 0 amide bonds. The van der Waals surface area contributed by atoms with Crippen LogP contribution in [0.25, 0.3) is 6.08 Å². The molecule has 0 N–H and O–H groups in total. The van der Waals surface area contributed by atoms with E-state index in [-0.39, 0.29) is 0 Å². The highest BCUT2D eigenvalue weighted by molar-refractivity contribution is 5.62. The Morgan fingerprint density at radius 2 is 2.31 bits per heavy atom. The van der Waals surface area contributed by atoms with E-state index in [1.807, 2.05) is 12.1 Å². The minimum absolute atomic E-state index is 0.512. The van der Waals surface area contributed by atoms with Gasteiger partial charge in [-0.3, -0.25) is 0 Å². The van der Waals surface area contributed by atoms with Gasteiger partial charge in [0.1, 0.15) is 5.69 Å². The first-order valence-electron chi connectivity index (χ1n) is 4.45. The van der Waals surface area contributed by atoms with Crippen molar-refractivity contribution >= 4 is 11.8 Å². The third-order valence-electron chi connectivity index (χ3n) is 2.49. The molecule has 0 spiro atoms. The van der Waals surface area contributed by atoms with Crippen molar-refractivity contribution in [2.45, 2.75) is 19.3 Å². The Balaban J connectivity index is 2.53. The lowest BCUT2D eigenvalue weighted by Gasteiger charge is -2.17. The maximum atomic E-state index is 10.3. The molecule has 2 heteroatoms. The largest absolute Gasteiger partial charge is 0.145 e. The van der Waals surface area contributed by atoms with Crippen LogP contribution in [0.5, 0.6) is 0 Å². The average molecular weight is 173 g/mol. The van der Waals surface area contributed by atoms with Gasteiger partial charge in [-0.15, -0.1) is 4.91 Å². The van der Waals surface area contributed by atoms with Crippen molar-refractivity contribution < 1.29 is 0 Å². The van der Waals surface area contributed by atoms with Gasteiger partial charge in [-0.05, 0) is 40.8 Å². The van der Waals surface area contributed by atoms with Gasteiger partial charge < -0.3 is 0 Å². The fourth-order valence-electron chi connectivity index (χ4n) is 1.74. The summed E-state index contributed by atoms with van der Waals surface area (Å²) in [5, 5.41) is 2.92. The Kier molecular flexibility index (Phi) is 1.97. The second kappa shape index (κ2) is 3.13. The Morgan fingerprint density at radius 3 is 3.08 bits per heavy atom. The van der Waals surface area contributed by atoms with Crippen LogP contribution in [0.2, 0.25) is 0 Å². The van der Waals surface area contributed by atoms with Gasteiger partial charge in [-0.2, -0.15) is 0 Å². The van der Waals surface area contributed by atoms with Gasteiger partial charge in [0, 0.05) is 0 Å². The first-order valence-corrected chi connectivity index (χ1v) is 4.45. The lowest BCUT2D eigenvalue weighted by Crippen LogP contribution is -1.98. The number of hydrogen-bond donors (Lipinski definition) is 0. The van der Waals surface area contributed by atoms with Crippen molar-refractivity contribution in [1.82, 2.24) is 0 Å². The molecule has 1 aromatic carbocycles. The zero-order valence-corrected chi connectivity index (χ0v) is 7.53. The number of hydrogen-bond acceptors (Lipinski definition) is 2. The highest BCUT2D eigenvalue weighted by Crippen LogP contribution is 2.31. The first-order chi connectivity index (χ1) is 6.31. The molecule has 0 fully saturated rings. The third-order valence-corrected chi connectivity index (χ3v) is 2.49. The summed E-state index contributed by atoms with van der Waals surface area (Å²) < 4.78 is 0. The van der Waals surface area contributed by atoms with E-state index < -0.39 is 0 Å². The highest BCUT2D eigenvalue weighted by atomic mass is 16.3. The molecule has 0 radical (unpaired) electrons. The molecule has 0 saturated carbocycles. The van der Waals surface area contributed by atoms with Crippen LogP contribution in [0.15, 0.2) is 29.5 Å². The van der Waals surface area contributed by atoms with Crippen molar-refractivity contribution in [1.29, 1.82) is 0 Å². The zero-order valence-electron chi connectivity index (χ0n) is 7.53. The Bertz CT molecular complexity index is 368. The fraction of sp³-hybridized carbons (Fsp3) is 0.273. The summed E-state index contributed by atoms with van der Waals surface area (Å²) in [7, 11) is 0. The smallest absolute Gasteiger partial charge is 0.108 e. The molecule has 1 unspecified atom stereocenters. The number of rotatable bonds is 1. The monoisotopic (exact) mass is 173 g/mol. The van der Waals surface area contributed by atoms with E-state index in [0.717, 1.165) is 12.0 Å². The van der Waals surface area contributed by atoms with Crippen LogP contribution in [0.4, 0.5) is 5.69 Å². The SMILES string of the molecule is CC1CC=Cc2cc(N=O)ccc21. The van der Waals surface area contributed by atoms with Crippen LogP contribution in [0, 0.1) is 4.91 Å². The zero-order chi connectivity index (χ0) is 9.26. The van der Waals surface area contributed by atoms with Crippen LogP contribution >= 0.6 is 0 Å². The number of benzene rings is 1. The summed E-state index contributed by atoms with van der Waals surface area (Å²) in [4.78, 5) is 10.3. The lowest BCUT2D eigenvalue weighted by molar-refractivity contribution is 0.772. The molecule has 0 aromatic heterocycles. The number of allylic oxidation sites excluding steroid dienone is 1. The summed E-state index contributed by atoms with van der Waals surface area (Å²) in [6, 6.07) is 5.62. The summed E-state index contributed by atoms with van der Waals surface area (Å²) in [6.07, 6.45) is 5.28. The molecule has 1 aliphatic rings. The second-order valence-corrected chi connectivity index (χ2v) is 3.44. The molecule has 0 saturated heterocycles. The number of nitroso groups, excluding NO2 is 1. The van der Waals surface area contributed by atoms with Gasteiger partial charge in [-0.1, -0.05) is 25.1 Å². The predicted molar refractivity (Wildman–Crippen MR) is 54.0 cm³/mol. The van der Waals surface area contributed by atoms with E-state index in [9.17, 15) is 4.91 Å². The second-order valence-electron chi connectivity index (χ2n) is 3.44. The van der Waals surface area contributed by atoms with Gasteiger partial charge in [-0.25, -0.2) is 0 Å². The van der Waals surface area contributed by atoms with Crippen molar-refractivity contribution in [3.8, 4) is 0 Å². The Labute approximate surface area is 77.3 Å². The number of fused-ring (bicyclic) bond motifs is 1. The Hall–Kier alpha value is -1.44. The van der Waals surface area contributed by atoms with Gasteiger partial charge in [0.05, 0.1) is 0 Å². The highest BCUT2D eigenvalue weighted by Gasteiger charge is 2.12. The van der Waals surface area contributed by atoms with Crippen molar-refractivity contribution in [3.05, 3.63) is 40.3 Å². The van der Waals surface area contributed by atoms with E-state index in [4.69, 9.17) is 0 Å². The number of nitrogens with zero attached hydrogens (tertiary/aromatic N) is 1. The van der Waals surface area contributed by atoms with Gasteiger partial charge >= 0.3 is 0 Å². The maximum absolute atomic E-state index is 10.3. The van der Waals surface area contributed by atoms with E-state index in [1.165, 1.54) is 5.56 Å². The molecular weight excluding hydrogens is 162 g/mol. The molecule has 1 aromatic rings. The van der Waals surface area contributed by atoms with Gasteiger partial charge in [0.15, 0.2) is 0 Å². The molecule has 1 aliphatic carbocycles. The van der Waals surface area contributed by atoms with Crippen molar-refractivity contribution in [2.75, 3.05) is 0 Å². The molecule has 66 valence electrons. The van der Waals surface area contributed by atoms with E-state index in [1.54, 1.807) is 6.07 Å². The summed E-state index contributed by atoms with van der Waals surface area (Å²) in [6.45, 7) is 2.19. The van der Waals surface area contributed by atoms with Crippen LogP contribution < -0.4 is 0 Å². The molecule has 0 bridgehead atoms. The minimum Gasteiger partial charge on any atom is -0.145 e. The molecule has 0 aliphatic heterocycles. The third kappa shape index (κ3) is 1.39. The Morgan fingerprint density at radius 1 is 1.46 bits per heavy atom. The molecule has 0 heterocycles. The lowest BCUT2D eigenvalue weighted by atomic mass is 9.88. The molecule has 1 atom stereocenters. The predicted octanol–water partition coefficient (Wildman–Crippen LogP) is 3.60. The summed E-state index contributed by atoms with van der Waals surface area (Å²) in [5.41, 5.74) is 2.96. The van der Waals surface area contributed by atoms with Gasteiger partial charge in [0.25, 0.3) is 0 Å². The molecule has 2 nitrogen and oxygen atoms in total. The molecule has 13 heavy (non-hydrogen) atoms. The quantitative estimate of drug-likeness (QED) is 0.596. The normalized spacial score (nSPS) is 19.6. The van der Waals surface area contributed by atoms with Crippen LogP contribution in [-0.4, -0.2) is 0 Å². The van der Waals surface area contributed by atoms with Crippen LogP contribution in [0.3, 0.4) is 0 Å². The van der Waals surface area contributed by atoms with Gasteiger partial charge in [0.2, 0.25) is 0 Å². The molecular formula is C11H11NO. The first kappa shape index (κ1) is 8.17. The van der Waals surface area contributed by atoms with Crippen LogP contribution in [-0.2, 0) is 0 Å². The average Bonchev–Trinajstić information content (AvgIpc) is 2.18.